The van der Waals surface area contributed by atoms with E-state index in [9.17, 15) is 14.7 Å². The summed E-state index contributed by atoms with van der Waals surface area (Å²) in [6.45, 7) is 7.12. The number of methoxy groups -OCH3 is 1. The fourth-order valence-corrected chi connectivity index (χ4v) is 2.57. The smallest absolute Gasteiger partial charge is 0.340 e. The summed E-state index contributed by atoms with van der Waals surface area (Å²) in [5.41, 5.74) is 0.436. The van der Waals surface area contributed by atoms with Crippen molar-refractivity contribution in [3.8, 4) is 0 Å². The van der Waals surface area contributed by atoms with Gasteiger partial charge in [0, 0.05) is 5.92 Å². The number of nitrogens with zero attached hydrogens (tertiary/aromatic N) is 2. The number of hydrogen-bond acceptors (Lipinski definition) is 6. The van der Waals surface area contributed by atoms with Gasteiger partial charge in [0.1, 0.15) is 21.7 Å². The second-order valence-electron chi connectivity index (χ2n) is 4.59. The predicted molar refractivity (Wildman–Crippen MR) is 75.2 cm³/mol. The largest absolute Gasteiger partial charge is 0.478 e. The Morgan fingerprint density at radius 1 is 1.25 bits per heavy atom. The summed E-state index contributed by atoms with van der Waals surface area (Å²) in [7, 11) is 1.29. The molecule has 0 saturated heterocycles. The highest BCUT2D eigenvalue weighted by atomic mass is 32.2. The van der Waals surface area contributed by atoms with Gasteiger partial charge in [0.25, 0.3) is 0 Å². The van der Waals surface area contributed by atoms with E-state index in [2.05, 4.69) is 14.7 Å². The Hall–Kier alpha value is -1.63. The molecule has 0 spiro atoms. The minimum Gasteiger partial charge on any atom is -0.478 e. The maximum Gasteiger partial charge on any atom is 0.340 e. The average Bonchev–Trinajstić information content (AvgIpc) is 2.36. The molecule has 0 aliphatic rings. The van der Waals surface area contributed by atoms with Crippen molar-refractivity contribution in [1.29, 1.82) is 0 Å². The van der Waals surface area contributed by atoms with Gasteiger partial charge in [0.2, 0.25) is 0 Å². The van der Waals surface area contributed by atoms with Crippen LogP contribution in [0.5, 0.6) is 0 Å². The van der Waals surface area contributed by atoms with Crippen LogP contribution in [-0.2, 0) is 9.53 Å². The Morgan fingerprint density at radius 2 is 1.85 bits per heavy atom. The van der Waals surface area contributed by atoms with E-state index in [0.29, 0.717) is 16.5 Å². The molecule has 1 rings (SSSR count). The number of carboxylic acids is 1. The zero-order chi connectivity index (χ0) is 15.4. The van der Waals surface area contributed by atoms with Crippen molar-refractivity contribution in [3.05, 3.63) is 17.1 Å². The van der Waals surface area contributed by atoms with Crippen molar-refractivity contribution in [2.45, 2.75) is 43.9 Å². The molecular formula is C13H18N2O4S. The molecule has 0 aliphatic heterocycles. The van der Waals surface area contributed by atoms with Crippen LogP contribution in [-0.4, -0.2) is 39.4 Å². The van der Waals surface area contributed by atoms with Gasteiger partial charge in [-0.3, -0.25) is 4.79 Å². The maximum absolute atomic E-state index is 11.5. The number of thioether (sulfide) groups is 1. The lowest BCUT2D eigenvalue weighted by atomic mass is 10.2. The summed E-state index contributed by atoms with van der Waals surface area (Å²) in [4.78, 5) is 31.3. The van der Waals surface area contributed by atoms with Crippen LogP contribution in [0, 0.1) is 6.92 Å². The quantitative estimate of drug-likeness (QED) is 0.506. The van der Waals surface area contributed by atoms with Crippen molar-refractivity contribution in [2.75, 3.05) is 7.11 Å². The normalized spacial score (nSPS) is 12.3. The minimum atomic E-state index is -1.10. The van der Waals surface area contributed by atoms with Crippen LogP contribution in [0.15, 0.2) is 5.03 Å². The van der Waals surface area contributed by atoms with Crippen molar-refractivity contribution < 1.29 is 19.4 Å². The van der Waals surface area contributed by atoms with Crippen LogP contribution in [0.1, 0.15) is 48.6 Å². The highest BCUT2D eigenvalue weighted by Gasteiger charge is 2.24. The van der Waals surface area contributed by atoms with E-state index < -0.39 is 17.2 Å². The molecule has 0 bridgehead atoms. The van der Waals surface area contributed by atoms with Crippen molar-refractivity contribution in [3.63, 3.8) is 0 Å². The molecule has 20 heavy (non-hydrogen) atoms. The molecule has 110 valence electrons. The van der Waals surface area contributed by atoms with Crippen molar-refractivity contribution in [1.82, 2.24) is 9.97 Å². The minimum absolute atomic E-state index is 0.0372. The number of rotatable bonds is 5. The third kappa shape index (κ3) is 3.69. The molecule has 0 aromatic carbocycles. The molecule has 0 amide bonds. The van der Waals surface area contributed by atoms with Crippen LogP contribution in [0.2, 0.25) is 0 Å². The molecule has 1 N–H and O–H groups in total. The summed E-state index contributed by atoms with van der Waals surface area (Å²) in [6.07, 6.45) is 0. The van der Waals surface area contributed by atoms with Crippen LogP contribution >= 0.6 is 11.8 Å². The monoisotopic (exact) mass is 298 g/mol. The Morgan fingerprint density at radius 3 is 2.30 bits per heavy atom. The van der Waals surface area contributed by atoms with E-state index in [-0.39, 0.29) is 11.5 Å². The molecule has 6 nitrogen and oxygen atoms in total. The average molecular weight is 298 g/mol. The molecule has 0 radical (unpaired) electrons. The molecule has 1 aromatic heterocycles. The number of carboxylic acid groups (broad SMARTS) is 1. The van der Waals surface area contributed by atoms with Crippen LogP contribution in [0.4, 0.5) is 0 Å². The summed E-state index contributed by atoms with van der Waals surface area (Å²) in [5, 5.41) is 9.04. The van der Waals surface area contributed by atoms with E-state index in [1.165, 1.54) is 7.11 Å². The van der Waals surface area contributed by atoms with Gasteiger partial charge in [-0.1, -0.05) is 25.6 Å². The first-order chi connectivity index (χ1) is 9.27. The van der Waals surface area contributed by atoms with Gasteiger partial charge in [-0.15, -0.1) is 0 Å². The summed E-state index contributed by atoms with van der Waals surface area (Å²) < 4.78 is 4.64. The van der Waals surface area contributed by atoms with E-state index in [4.69, 9.17) is 0 Å². The highest BCUT2D eigenvalue weighted by molar-refractivity contribution is 8.00. The number of ether oxygens (including phenoxy) is 1. The lowest BCUT2D eigenvalue weighted by Crippen LogP contribution is -2.17. The number of aromatic nitrogens is 2. The fourth-order valence-electron chi connectivity index (χ4n) is 1.54. The van der Waals surface area contributed by atoms with Gasteiger partial charge < -0.3 is 9.84 Å². The van der Waals surface area contributed by atoms with Crippen molar-refractivity contribution in [2.24, 2.45) is 0 Å². The number of carbonyl (C=O) groups is 2. The summed E-state index contributed by atoms with van der Waals surface area (Å²) >= 11 is 1.07. The second-order valence-corrected chi connectivity index (χ2v) is 5.92. The molecule has 1 aromatic rings. The summed E-state index contributed by atoms with van der Waals surface area (Å²) in [5.74, 6) is -0.887. The Balaban J connectivity index is 3.26. The van der Waals surface area contributed by atoms with Crippen LogP contribution < -0.4 is 0 Å². The highest BCUT2D eigenvalue weighted by Crippen LogP contribution is 2.28. The molecule has 7 heteroatoms. The number of esters is 1. The Labute approximate surface area is 122 Å². The Bertz CT molecular complexity index is 531. The third-order valence-electron chi connectivity index (χ3n) is 2.63. The number of aryl methyl sites for hydroxylation is 1. The molecule has 0 saturated carbocycles. The van der Waals surface area contributed by atoms with Crippen LogP contribution in [0.25, 0.3) is 0 Å². The molecule has 0 fully saturated rings. The lowest BCUT2D eigenvalue weighted by Gasteiger charge is -2.14. The van der Waals surface area contributed by atoms with E-state index in [1.54, 1.807) is 13.8 Å². The van der Waals surface area contributed by atoms with Crippen molar-refractivity contribution >= 4 is 23.7 Å². The number of aromatic carboxylic acids is 1. The van der Waals surface area contributed by atoms with Gasteiger partial charge >= 0.3 is 11.9 Å². The topological polar surface area (TPSA) is 89.4 Å². The van der Waals surface area contributed by atoms with E-state index in [1.807, 2.05) is 13.8 Å². The fraction of sp³-hybridized carbons (Fsp3) is 0.538. The van der Waals surface area contributed by atoms with Gasteiger partial charge in [-0.05, 0) is 13.8 Å². The third-order valence-corrected chi connectivity index (χ3v) is 3.69. The Kier molecular flexibility index (Phi) is 5.50. The first-order valence-corrected chi connectivity index (χ1v) is 7.02. The summed E-state index contributed by atoms with van der Waals surface area (Å²) in [6, 6.07) is 0. The maximum atomic E-state index is 11.5. The standard InChI is InChI=1S/C13H18N2O4S/c1-6(2)10-14-7(3)9(12(16)17)11(15-10)20-8(4)13(18)19-5/h6,8H,1-5H3,(H,16,17). The van der Waals surface area contributed by atoms with Crippen LogP contribution in [0.3, 0.4) is 0 Å². The van der Waals surface area contributed by atoms with Gasteiger partial charge in [0.05, 0.1) is 12.8 Å². The SMILES string of the molecule is COC(=O)C(C)Sc1nc(C(C)C)nc(C)c1C(=O)O. The van der Waals surface area contributed by atoms with Gasteiger partial charge in [0.15, 0.2) is 0 Å². The molecule has 0 aliphatic carbocycles. The van der Waals surface area contributed by atoms with E-state index in [0.717, 1.165) is 11.8 Å². The first-order valence-electron chi connectivity index (χ1n) is 6.14. The molecule has 1 atom stereocenters. The first kappa shape index (κ1) is 16.4. The van der Waals surface area contributed by atoms with Gasteiger partial charge in [-0.2, -0.15) is 0 Å². The predicted octanol–water partition coefficient (Wildman–Crippen LogP) is 2.26. The van der Waals surface area contributed by atoms with E-state index >= 15 is 0 Å². The molecule has 1 unspecified atom stereocenters. The number of hydrogen-bond donors (Lipinski definition) is 1. The zero-order valence-corrected chi connectivity index (χ0v) is 12.9. The second kappa shape index (κ2) is 6.69. The lowest BCUT2D eigenvalue weighted by molar-refractivity contribution is -0.139. The van der Waals surface area contributed by atoms with Gasteiger partial charge in [-0.25, -0.2) is 14.8 Å². The zero-order valence-electron chi connectivity index (χ0n) is 12.1. The molecular weight excluding hydrogens is 280 g/mol. The molecule has 1 heterocycles. The number of carbonyl (C=O) groups excluding carboxylic acids is 1.